The van der Waals surface area contributed by atoms with Crippen LogP contribution in [0.2, 0.25) is 0 Å². The number of hydrogen-bond acceptors (Lipinski definition) is 3. The lowest BCUT2D eigenvalue weighted by molar-refractivity contribution is -0.386. The molecule has 5 heteroatoms. The zero-order chi connectivity index (χ0) is 13.8. The molecule has 0 saturated carbocycles. The van der Waals surface area contributed by atoms with Crippen LogP contribution in [0.5, 0.6) is 0 Å². The van der Waals surface area contributed by atoms with Crippen LogP contribution < -0.4 is 18.1 Å². The van der Waals surface area contributed by atoms with Gasteiger partial charge in [-0.3, -0.25) is 0 Å². The second-order valence-electron chi connectivity index (χ2n) is 3.91. The van der Waals surface area contributed by atoms with Gasteiger partial charge in [0.05, 0.1) is 6.54 Å². The summed E-state index contributed by atoms with van der Waals surface area (Å²) in [6.07, 6.45) is 1.16. The maximum Gasteiger partial charge on any atom is 0.330 e. The van der Waals surface area contributed by atoms with E-state index >= 15 is 0 Å². The Hall–Kier alpha value is -1.36. The van der Waals surface area contributed by atoms with Gasteiger partial charge in [-0.25, -0.2) is 4.79 Å². The number of halogens is 1. The molecular weight excluding hydrogens is 264 g/mol. The Kier molecular flexibility index (Phi) is 13.7. The summed E-state index contributed by atoms with van der Waals surface area (Å²) in [5.74, 6) is -0.359. The van der Waals surface area contributed by atoms with E-state index in [4.69, 9.17) is 4.74 Å². The predicted molar refractivity (Wildman–Crippen MR) is 72.7 cm³/mol. The maximum atomic E-state index is 10.4. The minimum Gasteiger partial charge on any atom is -1.00 e. The van der Waals surface area contributed by atoms with Gasteiger partial charge in [0.25, 0.3) is 0 Å². The Bertz CT molecular complexity index is 343. The fraction of sp³-hybridized carbons (Fsp3) is 0.357. The highest BCUT2D eigenvalue weighted by Crippen LogP contribution is 1.93. The van der Waals surface area contributed by atoms with Crippen LogP contribution in [0.4, 0.5) is 0 Å². The highest BCUT2D eigenvalue weighted by atomic mass is 35.5. The number of esters is 1. The molecule has 0 aromatic heterocycles. The SMILES string of the molecule is C=CC(=O)OCCN(C)C.[Cl-].[NH3+]Cc1ccccc1. The van der Waals surface area contributed by atoms with Crippen molar-refractivity contribution in [3.8, 4) is 0 Å². The molecule has 19 heavy (non-hydrogen) atoms. The Balaban J connectivity index is 0. The van der Waals surface area contributed by atoms with Crippen molar-refractivity contribution in [3.05, 3.63) is 48.6 Å². The van der Waals surface area contributed by atoms with Crippen molar-refractivity contribution in [2.24, 2.45) is 0 Å². The van der Waals surface area contributed by atoms with E-state index in [1.807, 2.05) is 37.2 Å². The first-order valence-corrected chi connectivity index (χ1v) is 5.87. The molecule has 108 valence electrons. The number of rotatable bonds is 5. The van der Waals surface area contributed by atoms with Crippen LogP contribution in [-0.2, 0) is 16.1 Å². The summed E-state index contributed by atoms with van der Waals surface area (Å²) in [6.45, 7) is 5.34. The normalized spacial score (nSPS) is 8.84. The molecule has 0 bridgehead atoms. The van der Waals surface area contributed by atoms with Crippen LogP contribution >= 0.6 is 0 Å². The van der Waals surface area contributed by atoms with E-state index in [0.717, 1.165) is 19.2 Å². The minimum absolute atomic E-state index is 0. The van der Waals surface area contributed by atoms with Crippen molar-refractivity contribution in [2.75, 3.05) is 27.2 Å². The Morgan fingerprint density at radius 3 is 2.32 bits per heavy atom. The Labute approximate surface area is 121 Å². The Morgan fingerprint density at radius 2 is 1.95 bits per heavy atom. The van der Waals surface area contributed by atoms with Crippen molar-refractivity contribution < 1.29 is 27.7 Å². The van der Waals surface area contributed by atoms with Gasteiger partial charge < -0.3 is 27.8 Å². The minimum atomic E-state index is -0.359. The van der Waals surface area contributed by atoms with Crippen LogP contribution in [0.25, 0.3) is 0 Å². The summed E-state index contributed by atoms with van der Waals surface area (Å²) < 4.78 is 4.70. The highest BCUT2D eigenvalue weighted by molar-refractivity contribution is 5.81. The van der Waals surface area contributed by atoms with Gasteiger partial charge in [0.15, 0.2) is 0 Å². The van der Waals surface area contributed by atoms with Crippen molar-refractivity contribution >= 4 is 5.97 Å². The van der Waals surface area contributed by atoms with Crippen LogP contribution in [0.15, 0.2) is 43.0 Å². The Morgan fingerprint density at radius 1 is 1.37 bits per heavy atom. The molecule has 1 rings (SSSR count). The second-order valence-corrected chi connectivity index (χ2v) is 3.91. The fourth-order valence-corrected chi connectivity index (χ4v) is 1.03. The number of benzene rings is 1. The van der Waals surface area contributed by atoms with Crippen molar-refractivity contribution in [2.45, 2.75) is 6.54 Å². The molecule has 0 aliphatic heterocycles. The van der Waals surface area contributed by atoms with Gasteiger partial charge in [0.2, 0.25) is 0 Å². The van der Waals surface area contributed by atoms with Crippen molar-refractivity contribution in [1.82, 2.24) is 4.90 Å². The van der Waals surface area contributed by atoms with E-state index in [9.17, 15) is 4.79 Å². The van der Waals surface area contributed by atoms with Crippen LogP contribution in [0.1, 0.15) is 5.56 Å². The summed E-state index contributed by atoms with van der Waals surface area (Å²) >= 11 is 0. The van der Waals surface area contributed by atoms with Gasteiger partial charge >= 0.3 is 5.97 Å². The molecule has 3 N–H and O–H groups in total. The quantitative estimate of drug-likeness (QED) is 0.490. The lowest BCUT2D eigenvalue weighted by Crippen LogP contribution is -3.00. The summed E-state index contributed by atoms with van der Waals surface area (Å²) in [5, 5.41) is 0. The number of hydrogen-bond donors (Lipinski definition) is 1. The third-order valence-electron chi connectivity index (χ3n) is 2.08. The highest BCUT2D eigenvalue weighted by Gasteiger charge is 1.94. The number of likely N-dealkylation sites (N-methyl/N-ethyl adjacent to an activating group) is 1. The summed E-state index contributed by atoms with van der Waals surface area (Å²) in [4.78, 5) is 12.4. The maximum absolute atomic E-state index is 10.4. The van der Waals surface area contributed by atoms with E-state index in [1.165, 1.54) is 5.56 Å². The monoisotopic (exact) mass is 286 g/mol. The molecule has 4 nitrogen and oxygen atoms in total. The zero-order valence-corrected chi connectivity index (χ0v) is 12.4. The van der Waals surface area contributed by atoms with Gasteiger partial charge in [-0.2, -0.15) is 0 Å². The summed E-state index contributed by atoms with van der Waals surface area (Å²) in [7, 11) is 3.84. The predicted octanol–water partition coefficient (Wildman–Crippen LogP) is -2.29. The number of carbonyl (C=O) groups is 1. The van der Waals surface area contributed by atoms with Gasteiger partial charge in [0, 0.05) is 18.2 Å². The lowest BCUT2D eigenvalue weighted by atomic mass is 10.2. The molecule has 1 aromatic rings. The van der Waals surface area contributed by atoms with Crippen LogP contribution in [0.3, 0.4) is 0 Å². The molecular formula is C14H23ClN2O2. The number of ether oxygens (including phenoxy) is 1. The smallest absolute Gasteiger partial charge is 0.330 e. The summed E-state index contributed by atoms with van der Waals surface area (Å²) in [5.41, 5.74) is 5.05. The lowest BCUT2D eigenvalue weighted by Gasteiger charge is -2.07. The molecule has 0 spiro atoms. The number of carbonyl (C=O) groups excluding carboxylic acids is 1. The summed E-state index contributed by atoms with van der Waals surface area (Å²) in [6, 6.07) is 10.2. The molecule has 1 aromatic carbocycles. The molecule has 0 atom stereocenters. The van der Waals surface area contributed by atoms with Crippen LogP contribution in [-0.4, -0.2) is 38.1 Å². The van der Waals surface area contributed by atoms with Gasteiger partial charge in [-0.15, -0.1) is 0 Å². The first-order valence-electron chi connectivity index (χ1n) is 5.87. The second kappa shape index (κ2) is 13.1. The van der Waals surface area contributed by atoms with Crippen LogP contribution in [0, 0.1) is 0 Å². The van der Waals surface area contributed by atoms with E-state index in [-0.39, 0.29) is 18.4 Å². The van der Waals surface area contributed by atoms with Crippen molar-refractivity contribution in [1.29, 1.82) is 0 Å². The van der Waals surface area contributed by atoms with Gasteiger partial charge in [-0.1, -0.05) is 36.9 Å². The first kappa shape index (κ1) is 20.0. The van der Waals surface area contributed by atoms with Gasteiger partial charge in [0.1, 0.15) is 6.61 Å². The molecule has 0 saturated heterocycles. The molecule has 0 unspecified atom stereocenters. The zero-order valence-electron chi connectivity index (χ0n) is 11.6. The molecule has 0 radical (unpaired) electrons. The average molecular weight is 287 g/mol. The standard InChI is InChI=1S/C7H13NO2.C7H9N.ClH/c1-4-7(9)10-6-5-8(2)3;8-6-7-4-2-1-3-5-7;/h4H,1,5-6H2,2-3H3;1-5H,6,8H2;1H. The fourth-order valence-electron chi connectivity index (χ4n) is 1.03. The average Bonchev–Trinajstić information content (AvgIpc) is 2.39. The van der Waals surface area contributed by atoms with E-state index in [2.05, 4.69) is 24.4 Å². The molecule has 0 fully saturated rings. The number of nitrogens with zero attached hydrogens (tertiary/aromatic N) is 1. The van der Waals surface area contributed by atoms with E-state index < -0.39 is 0 Å². The molecule has 0 amide bonds. The van der Waals surface area contributed by atoms with Crippen molar-refractivity contribution in [3.63, 3.8) is 0 Å². The van der Waals surface area contributed by atoms with E-state index in [1.54, 1.807) is 0 Å². The largest absolute Gasteiger partial charge is 1.00 e. The molecule has 0 heterocycles. The molecule has 0 aliphatic carbocycles. The third-order valence-corrected chi connectivity index (χ3v) is 2.08. The number of quaternary nitrogens is 1. The van der Waals surface area contributed by atoms with Gasteiger partial charge in [-0.05, 0) is 14.1 Å². The third kappa shape index (κ3) is 12.9. The van der Waals surface area contributed by atoms with E-state index in [0.29, 0.717) is 6.61 Å². The first-order chi connectivity index (χ1) is 8.60. The topological polar surface area (TPSA) is 57.2 Å². The molecule has 0 aliphatic rings.